The third-order valence-corrected chi connectivity index (χ3v) is 2.90. The zero-order valence-electron chi connectivity index (χ0n) is 10.9. The van der Waals surface area contributed by atoms with E-state index in [9.17, 15) is 0 Å². The van der Waals surface area contributed by atoms with Gasteiger partial charge in [0.2, 0.25) is 0 Å². The number of anilines is 1. The van der Waals surface area contributed by atoms with Crippen LogP contribution in [0.1, 0.15) is 38.8 Å². The molecule has 0 aromatic heterocycles. The Morgan fingerprint density at radius 2 is 1.69 bits per heavy atom. The van der Waals surface area contributed by atoms with Crippen molar-refractivity contribution < 1.29 is 0 Å². The molecular formula is C14H24N2. The van der Waals surface area contributed by atoms with Crippen LogP contribution in [0.3, 0.4) is 0 Å². The van der Waals surface area contributed by atoms with Gasteiger partial charge in [-0.15, -0.1) is 0 Å². The van der Waals surface area contributed by atoms with Crippen molar-refractivity contribution in [1.82, 2.24) is 0 Å². The molecule has 0 saturated heterocycles. The molecule has 16 heavy (non-hydrogen) atoms. The molecule has 0 radical (unpaired) electrons. The van der Waals surface area contributed by atoms with Crippen molar-refractivity contribution in [1.29, 1.82) is 0 Å². The van der Waals surface area contributed by atoms with Crippen molar-refractivity contribution in [3.63, 3.8) is 0 Å². The van der Waals surface area contributed by atoms with Crippen LogP contribution < -0.4 is 10.6 Å². The van der Waals surface area contributed by atoms with Crippen LogP contribution in [-0.2, 0) is 0 Å². The Labute approximate surface area is 99.5 Å². The second-order valence-electron chi connectivity index (χ2n) is 4.98. The van der Waals surface area contributed by atoms with Crippen molar-refractivity contribution in [2.45, 2.75) is 33.2 Å². The van der Waals surface area contributed by atoms with Crippen LogP contribution in [0.4, 0.5) is 5.69 Å². The van der Waals surface area contributed by atoms with Crippen molar-refractivity contribution in [2.75, 3.05) is 18.5 Å². The van der Waals surface area contributed by atoms with Gasteiger partial charge in [-0.1, -0.05) is 26.0 Å². The summed E-state index contributed by atoms with van der Waals surface area (Å²) < 4.78 is 0. The first-order chi connectivity index (χ1) is 7.50. The van der Waals surface area contributed by atoms with E-state index in [4.69, 9.17) is 5.73 Å². The van der Waals surface area contributed by atoms with Crippen molar-refractivity contribution in [3.8, 4) is 0 Å². The molecule has 0 saturated carbocycles. The number of nitrogens with two attached hydrogens (primary N) is 1. The van der Waals surface area contributed by atoms with Crippen LogP contribution in [-0.4, -0.2) is 13.6 Å². The molecule has 0 aliphatic carbocycles. The summed E-state index contributed by atoms with van der Waals surface area (Å²) in [4.78, 5) is 2.30. The van der Waals surface area contributed by atoms with Crippen LogP contribution in [0, 0.1) is 5.92 Å². The zero-order chi connectivity index (χ0) is 12.1. The van der Waals surface area contributed by atoms with E-state index < -0.39 is 0 Å². The second kappa shape index (κ2) is 5.90. The van der Waals surface area contributed by atoms with Crippen molar-refractivity contribution >= 4 is 5.69 Å². The Morgan fingerprint density at radius 1 is 1.12 bits per heavy atom. The molecule has 0 amide bonds. The van der Waals surface area contributed by atoms with E-state index in [-0.39, 0.29) is 6.04 Å². The van der Waals surface area contributed by atoms with Gasteiger partial charge in [-0.25, -0.2) is 0 Å². The fourth-order valence-corrected chi connectivity index (χ4v) is 1.61. The van der Waals surface area contributed by atoms with E-state index in [1.54, 1.807) is 0 Å². The molecule has 90 valence electrons. The summed E-state index contributed by atoms with van der Waals surface area (Å²) in [5, 5.41) is 0. The molecule has 0 bridgehead atoms. The maximum atomic E-state index is 5.82. The molecule has 0 spiro atoms. The van der Waals surface area contributed by atoms with Crippen molar-refractivity contribution in [2.24, 2.45) is 11.7 Å². The molecule has 1 rings (SSSR count). The number of hydrogen-bond donors (Lipinski definition) is 1. The molecule has 0 aliphatic rings. The molecule has 1 aromatic rings. The van der Waals surface area contributed by atoms with Gasteiger partial charge in [-0.05, 0) is 37.0 Å². The van der Waals surface area contributed by atoms with Crippen LogP contribution >= 0.6 is 0 Å². The summed E-state index contributed by atoms with van der Waals surface area (Å²) in [6, 6.07) is 8.66. The number of rotatable bonds is 5. The lowest BCUT2D eigenvalue weighted by molar-refractivity contribution is 0.585. The van der Waals surface area contributed by atoms with Gasteiger partial charge in [0, 0.05) is 25.3 Å². The fourth-order valence-electron chi connectivity index (χ4n) is 1.61. The van der Waals surface area contributed by atoms with E-state index >= 15 is 0 Å². The summed E-state index contributed by atoms with van der Waals surface area (Å²) in [5.41, 5.74) is 8.29. The lowest BCUT2D eigenvalue weighted by Gasteiger charge is -2.21. The summed E-state index contributed by atoms with van der Waals surface area (Å²) in [6.45, 7) is 7.63. The smallest absolute Gasteiger partial charge is 0.0363 e. The van der Waals surface area contributed by atoms with Crippen LogP contribution in [0.2, 0.25) is 0 Å². The monoisotopic (exact) mass is 220 g/mol. The van der Waals surface area contributed by atoms with Gasteiger partial charge in [-0.3, -0.25) is 0 Å². The maximum Gasteiger partial charge on any atom is 0.0363 e. The molecule has 2 nitrogen and oxygen atoms in total. The highest BCUT2D eigenvalue weighted by Gasteiger charge is 2.03. The molecule has 0 heterocycles. The number of benzene rings is 1. The summed E-state index contributed by atoms with van der Waals surface area (Å²) >= 11 is 0. The van der Waals surface area contributed by atoms with Gasteiger partial charge < -0.3 is 10.6 Å². The maximum absolute atomic E-state index is 5.82. The average molecular weight is 220 g/mol. The van der Waals surface area contributed by atoms with Crippen LogP contribution in [0.25, 0.3) is 0 Å². The minimum atomic E-state index is 0.120. The van der Waals surface area contributed by atoms with Gasteiger partial charge in [-0.2, -0.15) is 0 Å². The number of nitrogens with zero attached hydrogens (tertiary/aromatic N) is 1. The third-order valence-electron chi connectivity index (χ3n) is 2.90. The van der Waals surface area contributed by atoms with Crippen molar-refractivity contribution in [3.05, 3.63) is 29.8 Å². The lowest BCUT2D eigenvalue weighted by Crippen LogP contribution is -2.19. The Balaban J connectivity index is 2.59. The standard InChI is InChI=1S/C14H24N2/c1-11(2)9-10-16(4)14-7-5-13(6-8-14)12(3)15/h5-8,11-12H,9-10,15H2,1-4H3. The largest absolute Gasteiger partial charge is 0.375 e. The second-order valence-corrected chi connectivity index (χ2v) is 4.98. The quantitative estimate of drug-likeness (QED) is 0.825. The Morgan fingerprint density at radius 3 is 2.12 bits per heavy atom. The normalized spacial score (nSPS) is 12.9. The highest BCUT2D eigenvalue weighted by atomic mass is 15.1. The predicted molar refractivity (Wildman–Crippen MR) is 71.8 cm³/mol. The number of hydrogen-bond acceptors (Lipinski definition) is 2. The van der Waals surface area contributed by atoms with E-state index in [1.807, 2.05) is 6.92 Å². The summed E-state index contributed by atoms with van der Waals surface area (Å²) in [7, 11) is 2.14. The predicted octanol–water partition coefficient (Wildman–Crippen LogP) is 3.19. The van der Waals surface area contributed by atoms with E-state index in [1.165, 1.54) is 17.7 Å². The summed E-state index contributed by atoms with van der Waals surface area (Å²) in [6.07, 6.45) is 1.23. The highest BCUT2D eigenvalue weighted by molar-refractivity contribution is 5.47. The van der Waals surface area contributed by atoms with Gasteiger partial charge in [0.1, 0.15) is 0 Å². The minimum absolute atomic E-state index is 0.120. The first-order valence-electron chi connectivity index (χ1n) is 6.07. The van der Waals surface area contributed by atoms with E-state index in [2.05, 4.69) is 50.1 Å². The topological polar surface area (TPSA) is 29.3 Å². The molecule has 0 fully saturated rings. The Bertz CT molecular complexity index is 301. The van der Waals surface area contributed by atoms with E-state index in [0.717, 1.165) is 12.5 Å². The molecular weight excluding hydrogens is 196 g/mol. The van der Waals surface area contributed by atoms with E-state index in [0.29, 0.717) is 0 Å². The molecule has 1 unspecified atom stereocenters. The molecule has 0 aliphatic heterocycles. The SMILES string of the molecule is CC(C)CCN(C)c1ccc(C(C)N)cc1. The summed E-state index contributed by atoms with van der Waals surface area (Å²) in [5.74, 6) is 0.755. The average Bonchev–Trinajstić information content (AvgIpc) is 2.26. The third kappa shape index (κ3) is 3.86. The molecule has 2 heteroatoms. The van der Waals surface area contributed by atoms with Gasteiger partial charge >= 0.3 is 0 Å². The highest BCUT2D eigenvalue weighted by Crippen LogP contribution is 2.17. The minimum Gasteiger partial charge on any atom is -0.375 e. The Hall–Kier alpha value is -1.02. The first-order valence-corrected chi connectivity index (χ1v) is 6.07. The fraction of sp³-hybridized carbons (Fsp3) is 0.571. The van der Waals surface area contributed by atoms with Gasteiger partial charge in [0.25, 0.3) is 0 Å². The lowest BCUT2D eigenvalue weighted by atomic mass is 10.1. The Kier molecular flexibility index (Phi) is 4.81. The first kappa shape index (κ1) is 13.0. The van der Waals surface area contributed by atoms with Gasteiger partial charge in [0.15, 0.2) is 0 Å². The van der Waals surface area contributed by atoms with Crippen LogP contribution in [0.15, 0.2) is 24.3 Å². The van der Waals surface area contributed by atoms with Crippen LogP contribution in [0.5, 0.6) is 0 Å². The molecule has 1 aromatic carbocycles. The molecule has 2 N–H and O–H groups in total. The zero-order valence-corrected chi connectivity index (χ0v) is 10.9. The van der Waals surface area contributed by atoms with Gasteiger partial charge in [0.05, 0.1) is 0 Å². The molecule has 1 atom stereocenters.